The molecule has 1 aromatic carbocycles. The second kappa shape index (κ2) is 8.04. The van der Waals surface area contributed by atoms with E-state index in [4.69, 9.17) is 4.74 Å². The first kappa shape index (κ1) is 18.8. The summed E-state index contributed by atoms with van der Waals surface area (Å²) in [6.45, 7) is 1.60. The molecule has 0 spiro atoms. The Labute approximate surface area is 145 Å². The van der Waals surface area contributed by atoms with Crippen LogP contribution in [0.25, 0.3) is 0 Å². The van der Waals surface area contributed by atoms with Gasteiger partial charge in [0.05, 0.1) is 13.2 Å². The highest BCUT2D eigenvalue weighted by Crippen LogP contribution is 2.24. The van der Waals surface area contributed by atoms with Gasteiger partial charge in [-0.1, -0.05) is 6.07 Å². The van der Waals surface area contributed by atoms with Gasteiger partial charge in [0, 0.05) is 18.9 Å². The monoisotopic (exact) mass is 367 g/mol. The van der Waals surface area contributed by atoms with Crippen LogP contribution in [0.3, 0.4) is 0 Å². The lowest BCUT2D eigenvalue weighted by atomic mass is 10.2. The molecule has 0 saturated carbocycles. The molecule has 1 heterocycles. The van der Waals surface area contributed by atoms with Gasteiger partial charge < -0.3 is 10.1 Å². The van der Waals surface area contributed by atoms with Crippen molar-refractivity contribution in [2.45, 2.75) is 24.4 Å². The molecule has 0 fully saturated rings. The number of halogens is 1. The fourth-order valence-electron chi connectivity index (χ4n) is 2.06. The van der Waals surface area contributed by atoms with E-state index in [1.807, 2.05) is 0 Å². The number of pyridine rings is 1. The van der Waals surface area contributed by atoms with Gasteiger partial charge in [-0.3, -0.25) is 9.78 Å². The molecule has 9 heteroatoms. The third-order valence-corrected chi connectivity index (χ3v) is 4.89. The van der Waals surface area contributed by atoms with Crippen LogP contribution in [0.1, 0.15) is 12.5 Å². The lowest BCUT2D eigenvalue weighted by molar-refractivity contribution is -0.122. The molecule has 1 unspecified atom stereocenters. The van der Waals surface area contributed by atoms with Gasteiger partial charge in [0.15, 0.2) is 0 Å². The average Bonchev–Trinajstić information content (AvgIpc) is 2.60. The Hall–Kier alpha value is -2.52. The molecule has 25 heavy (non-hydrogen) atoms. The van der Waals surface area contributed by atoms with Crippen LogP contribution in [0.5, 0.6) is 5.75 Å². The largest absolute Gasteiger partial charge is 0.495 e. The van der Waals surface area contributed by atoms with Crippen LogP contribution in [0.15, 0.2) is 47.6 Å². The van der Waals surface area contributed by atoms with Crippen LogP contribution in [0, 0.1) is 5.82 Å². The number of methoxy groups -OCH3 is 1. The molecule has 0 aliphatic carbocycles. The zero-order chi connectivity index (χ0) is 18.4. The minimum atomic E-state index is -4.14. The number of hydrogen-bond acceptors (Lipinski definition) is 5. The van der Waals surface area contributed by atoms with Crippen LogP contribution in [-0.2, 0) is 21.4 Å². The first-order chi connectivity index (χ1) is 11.8. The minimum Gasteiger partial charge on any atom is -0.495 e. The summed E-state index contributed by atoms with van der Waals surface area (Å²) in [5, 5.41) is 2.60. The van der Waals surface area contributed by atoms with E-state index in [1.54, 1.807) is 24.5 Å². The van der Waals surface area contributed by atoms with E-state index in [2.05, 4.69) is 15.0 Å². The summed E-state index contributed by atoms with van der Waals surface area (Å²) in [5.41, 5.74) is 0.776. The number of aromatic nitrogens is 1. The van der Waals surface area contributed by atoms with Crippen LogP contribution < -0.4 is 14.8 Å². The number of amides is 1. The molecule has 7 nitrogen and oxygen atoms in total. The number of carbonyl (C=O) groups excluding carboxylic acids is 1. The van der Waals surface area contributed by atoms with Gasteiger partial charge in [0.2, 0.25) is 15.9 Å². The summed E-state index contributed by atoms with van der Waals surface area (Å²) >= 11 is 0. The molecular weight excluding hydrogens is 349 g/mol. The molecule has 0 radical (unpaired) electrons. The first-order valence-corrected chi connectivity index (χ1v) is 8.84. The Bertz CT molecular complexity index is 844. The van der Waals surface area contributed by atoms with Crippen molar-refractivity contribution >= 4 is 15.9 Å². The number of carbonyl (C=O) groups is 1. The standard InChI is InChI=1S/C16H18FN3O4S/c1-11(16(21)19-10-12-4-3-7-18-9-12)20-25(22,23)15-8-13(17)5-6-14(15)24-2/h3-9,11,20H,10H2,1-2H3,(H,19,21). The molecule has 0 aliphatic rings. The predicted octanol–water partition coefficient (Wildman–Crippen LogP) is 1.21. The summed E-state index contributed by atoms with van der Waals surface area (Å²) in [6, 6.07) is 5.57. The van der Waals surface area contributed by atoms with Crippen LogP contribution in [0.4, 0.5) is 4.39 Å². The van der Waals surface area contributed by atoms with E-state index < -0.39 is 27.8 Å². The quantitative estimate of drug-likeness (QED) is 0.767. The minimum absolute atomic E-state index is 0.0168. The van der Waals surface area contributed by atoms with E-state index in [0.717, 1.165) is 17.7 Å². The zero-order valence-corrected chi connectivity index (χ0v) is 14.5. The maximum Gasteiger partial charge on any atom is 0.245 e. The second-order valence-electron chi connectivity index (χ2n) is 5.22. The lowest BCUT2D eigenvalue weighted by Gasteiger charge is -2.16. The Balaban J connectivity index is 2.06. The van der Waals surface area contributed by atoms with Crippen molar-refractivity contribution in [2.24, 2.45) is 0 Å². The van der Waals surface area contributed by atoms with E-state index >= 15 is 0 Å². The highest BCUT2D eigenvalue weighted by Gasteiger charge is 2.25. The molecular formula is C16H18FN3O4S. The van der Waals surface area contributed by atoms with E-state index in [1.165, 1.54) is 20.1 Å². The molecule has 0 bridgehead atoms. The van der Waals surface area contributed by atoms with Gasteiger partial charge >= 0.3 is 0 Å². The van der Waals surface area contributed by atoms with E-state index in [0.29, 0.717) is 0 Å². The van der Waals surface area contributed by atoms with Gasteiger partial charge in [-0.15, -0.1) is 0 Å². The van der Waals surface area contributed by atoms with Crippen molar-refractivity contribution < 1.29 is 22.3 Å². The fourth-order valence-corrected chi connectivity index (χ4v) is 3.44. The summed E-state index contributed by atoms with van der Waals surface area (Å²) in [6.07, 6.45) is 3.20. The third kappa shape index (κ3) is 4.97. The van der Waals surface area contributed by atoms with Gasteiger partial charge in [-0.2, -0.15) is 4.72 Å². The summed E-state index contributed by atoms with van der Waals surface area (Å²) < 4.78 is 45.3. The predicted molar refractivity (Wildman–Crippen MR) is 88.8 cm³/mol. The molecule has 0 aliphatic heterocycles. The average molecular weight is 367 g/mol. The number of ether oxygens (including phenoxy) is 1. The van der Waals surface area contributed by atoms with Crippen molar-refractivity contribution in [1.29, 1.82) is 0 Å². The highest BCUT2D eigenvalue weighted by molar-refractivity contribution is 7.89. The Morgan fingerprint density at radius 1 is 1.36 bits per heavy atom. The van der Waals surface area contributed by atoms with Crippen molar-refractivity contribution in [2.75, 3.05) is 7.11 Å². The van der Waals surface area contributed by atoms with Crippen LogP contribution in [-0.4, -0.2) is 32.5 Å². The topological polar surface area (TPSA) is 97.4 Å². The Morgan fingerprint density at radius 2 is 2.12 bits per heavy atom. The van der Waals surface area contributed by atoms with Crippen LogP contribution >= 0.6 is 0 Å². The van der Waals surface area contributed by atoms with Crippen LogP contribution in [0.2, 0.25) is 0 Å². The van der Waals surface area contributed by atoms with Gasteiger partial charge in [-0.05, 0) is 36.8 Å². The summed E-state index contributed by atoms with van der Waals surface area (Å²) in [4.78, 5) is 15.6. The summed E-state index contributed by atoms with van der Waals surface area (Å²) in [7, 11) is -2.87. The number of sulfonamides is 1. The van der Waals surface area contributed by atoms with Crippen molar-refractivity contribution in [1.82, 2.24) is 15.0 Å². The highest BCUT2D eigenvalue weighted by atomic mass is 32.2. The molecule has 2 rings (SSSR count). The molecule has 2 N–H and O–H groups in total. The van der Waals surface area contributed by atoms with Crippen molar-refractivity contribution in [3.05, 3.63) is 54.1 Å². The molecule has 1 aromatic heterocycles. The third-order valence-electron chi connectivity index (χ3n) is 3.33. The normalized spacial score (nSPS) is 12.4. The maximum atomic E-state index is 13.4. The summed E-state index contributed by atoms with van der Waals surface area (Å²) in [5.74, 6) is -1.27. The lowest BCUT2D eigenvalue weighted by Crippen LogP contribution is -2.44. The first-order valence-electron chi connectivity index (χ1n) is 7.36. The molecule has 1 atom stereocenters. The molecule has 1 amide bonds. The second-order valence-corrected chi connectivity index (χ2v) is 6.90. The molecule has 0 saturated heterocycles. The van der Waals surface area contributed by atoms with Crippen molar-refractivity contribution in [3.8, 4) is 5.75 Å². The van der Waals surface area contributed by atoms with Gasteiger partial charge in [0.25, 0.3) is 0 Å². The van der Waals surface area contributed by atoms with E-state index in [9.17, 15) is 17.6 Å². The number of rotatable bonds is 7. The Morgan fingerprint density at radius 3 is 2.76 bits per heavy atom. The number of nitrogens with zero attached hydrogens (tertiary/aromatic N) is 1. The molecule has 134 valence electrons. The number of benzene rings is 1. The number of nitrogens with one attached hydrogen (secondary N) is 2. The smallest absolute Gasteiger partial charge is 0.245 e. The SMILES string of the molecule is COc1ccc(F)cc1S(=O)(=O)NC(C)C(=O)NCc1cccnc1. The maximum absolute atomic E-state index is 13.4. The van der Waals surface area contributed by atoms with Crippen molar-refractivity contribution in [3.63, 3.8) is 0 Å². The number of hydrogen-bond donors (Lipinski definition) is 2. The zero-order valence-electron chi connectivity index (χ0n) is 13.7. The van der Waals surface area contributed by atoms with E-state index in [-0.39, 0.29) is 17.2 Å². The molecule has 2 aromatic rings. The Kier molecular flexibility index (Phi) is 6.05. The van der Waals surface area contributed by atoms with Gasteiger partial charge in [-0.25, -0.2) is 12.8 Å². The van der Waals surface area contributed by atoms with Gasteiger partial charge in [0.1, 0.15) is 16.5 Å². The fraction of sp³-hybridized carbons (Fsp3) is 0.250.